The van der Waals surface area contributed by atoms with Crippen LogP contribution in [0.2, 0.25) is 0 Å². The Morgan fingerprint density at radius 3 is 1.71 bits per heavy atom. The van der Waals surface area contributed by atoms with E-state index in [0.717, 1.165) is 71.1 Å². The van der Waals surface area contributed by atoms with E-state index < -0.39 is 177 Å². The quantitative estimate of drug-likeness (QED) is 0.0693. The third kappa shape index (κ3) is 16.2. The summed E-state index contributed by atoms with van der Waals surface area (Å²) in [7, 11) is 0. The number of aliphatic hydroxyl groups is 8. The van der Waals surface area contributed by atoms with Crippen molar-refractivity contribution in [3.05, 3.63) is 0 Å². The molecule has 6 aliphatic rings. The molecular weight excluding hydrogens is 1020 g/mol. The zero-order valence-electron chi connectivity index (χ0n) is 46.1. The molecule has 0 radical (unpaired) electrons. The van der Waals surface area contributed by atoms with Crippen LogP contribution in [0.25, 0.3) is 0 Å². The number of hydrogen-bond acceptors (Lipinski definition) is 24. The van der Waals surface area contributed by atoms with Crippen LogP contribution in [0.3, 0.4) is 0 Å². The van der Waals surface area contributed by atoms with Crippen molar-refractivity contribution in [2.24, 2.45) is 5.92 Å². The van der Waals surface area contributed by atoms with Crippen LogP contribution in [0.15, 0.2) is 0 Å². The molecule has 27 atom stereocenters. The normalized spacial score (nSPS) is 45.5. The number of hydrogen-bond donors (Lipinski definition) is 8. The fraction of sp³-hybridized carbons (Fsp3) is 0.943. The largest absolute Gasteiger partial charge is 0.457 e. The molecule has 0 amide bonds. The standard InChI is InChI=1S/C53H90O24/c1-10-12-18-21-31-22-19-16-14-13-15-17-20-23-32(55)72-45-40(63)42(28(7)68-52(45)76-44-36(59)34(57)26(5)66-51(44)71-31)74-53-47(73-48(64)24(3)11-2)46(77-49-38(61)35(58)33(56)25(4)65-49)43(29(8)69-53)75-50-39(62)37(60)41(27(6)67-50)70-30(9)54/h24-29,31,33-47,49-53,56-63H,10-23H2,1-9H3. The van der Waals surface area contributed by atoms with Gasteiger partial charge in [-0.15, -0.1) is 0 Å². The first-order valence-corrected chi connectivity index (χ1v) is 28.1. The van der Waals surface area contributed by atoms with Crippen LogP contribution in [0.1, 0.15) is 152 Å². The van der Waals surface area contributed by atoms with Gasteiger partial charge in [0.05, 0.1) is 42.5 Å². The van der Waals surface area contributed by atoms with Gasteiger partial charge >= 0.3 is 17.9 Å². The van der Waals surface area contributed by atoms with Gasteiger partial charge in [0.1, 0.15) is 73.2 Å². The van der Waals surface area contributed by atoms with E-state index >= 15 is 0 Å². The summed E-state index contributed by atoms with van der Waals surface area (Å²) in [4.78, 5) is 39.6. The topological polar surface area (TPSA) is 333 Å². The lowest BCUT2D eigenvalue weighted by Crippen LogP contribution is -2.68. The van der Waals surface area contributed by atoms with E-state index in [1.54, 1.807) is 20.8 Å². The molecule has 446 valence electrons. The summed E-state index contributed by atoms with van der Waals surface area (Å²) >= 11 is 0. The van der Waals surface area contributed by atoms with E-state index in [1.807, 2.05) is 0 Å². The van der Waals surface area contributed by atoms with E-state index in [0.29, 0.717) is 19.3 Å². The first kappa shape index (κ1) is 63.9. The Morgan fingerprint density at radius 1 is 0.519 bits per heavy atom. The number of rotatable bonds is 14. The monoisotopic (exact) mass is 1110 g/mol. The van der Waals surface area contributed by atoms with Crippen LogP contribution in [0, 0.1) is 5.92 Å². The van der Waals surface area contributed by atoms with E-state index in [-0.39, 0.29) is 12.5 Å². The summed E-state index contributed by atoms with van der Waals surface area (Å²) in [6.07, 6.45) is -27.6. The number of fused-ring (bicyclic) bond motifs is 2. The molecule has 77 heavy (non-hydrogen) atoms. The van der Waals surface area contributed by atoms with Gasteiger partial charge in [0.15, 0.2) is 49.8 Å². The fourth-order valence-corrected chi connectivity index (χ4v) is 10.7. The minimum absolute atomic E-state index is 0.0239. The van der Waals surface area contributed by atoms with E-state index in [4.69, 9.17) is 61.6 Å². The molecular formula is C53H90O24. The first-order valence-electron chi connectivity index (χ1n) is 28.1. The van der Waals surface area contributed by atoms with Crippen LogP contribution in [0.4, 0.5) is 0 Å². The van der Waals surface area contributed by atoms with Gasteiger partial charge in [0.25, 0.3) is 0 Å². The summed E-state index contributed by atoms with van der Waals surface area (Å²) in [5.74, 6) is -2.98. The van der Waals surface area contributed by atoms with Crippen molar-refractivity contribution >= 4 is 17.9 Å². The van der Waals surface area contributed by atoms with Gasteiger partial charge in [-0.25, -0.2) is 0 Å². The molecule has 24 heteroatoms. The lowest BCUT2D eigenvalue weighted by molar-refractivity contribution is -0.399. The van der Waals surface area contributed by atoms with Gasteiger partial charge in [0, 0.05) is 13.3 Å². The summed E-state index contributed by atoms with van der Waals surface area (Å²) < 4.78 is 80.8. The third-order valence-corrected chi connectivity index (χ3v) is 15.7. The van der Waals surface area contributed by atoms with Crippen molar-refractivity contribution in [1.29, 1.82) is 0 Å². The number of ether oxygens (including phenoxy) is 13. The highest BCUT2D eigenvalue weighted by molar-refractivity contribution is 5.72. The molecule has 0 saturated carbocycles. The molecule has 6 fully saturated rings. The number of carbonyl (C=O) groups excluding carboxylic acids is 3. The first-order chi connectivity index (χ1) is 36.6. The minimum Gasteiger partial charge on any atom is -0.457 e. The highest BCUT2D eigenvalue weighted by Crippen LogP contribution is 2.39. The fourth-order valence-electron chi connectivity index (χ4n) is 10.7. The molecule has 6 saturated heterocycles. The van der Waals surface area contributed by atoms with Gasteiger partial charge < -0.3 is 102 Å². The maximum Gasteiger partial charge on any atom is 0.309 e. The Labute approximate surface area is 451 Å². The average Bonchev–Trinajstić information content (AvgIpc) is 3.39. The van der Waals surface area contributed by atoms with Gasteiger partial charge in [-0.05, 0) is 60.3 Å². The third-order valence-electron chi connectivity index (χ3n) is 15.7. The predicted octanol–water partition coefficient (Wildman–Crippen LogP) is 1.43. The molecule has 0 aromatic rings. The molecule has 6 heterocycles. The Kier molecular flexibility index (Phi) is 24.6. The number of unbranched alkanes of at least 4 members (excludes halogenated alkanes) is 2. The van der Waals surface area contributed by atoms with E-state index in [9.17, 15) is 55.2 Å². The molecule has 0 aromatic heterocycles. The Morgan fingerprint density at radius 2 is 1.05 bits per heavy atom. The number of esters is 3. The zero-order valence-corrected chi connectivity index (χ0v) is 46.1. The predicted molar refractivity (Wildman–Crippen MR) is 265 cm³/mol. The molecule has 0 aliphatic carbocycles. The van der Waals surface area contributed by atoms with Gasteiger partial charge in [-0.2, -0.15) is 0 Å². The molecule has 0 aromatic carbocycles. The Balaban J connectivity index is 1.35. The van der Waals surface area contributed by atoms with Crippen molar-refractivity contribution in [2.45, 2.75) is 312 Å². The van der Waals surface area contributed by atoms with E-state index in [2.05, 4.69) is 6.92 Å². The maximum atomic E-state index is 14.0. The molecule has 6 aliphatic heterocycles. The molecule has 6 rings (SSSR count). The second-order valence-corrected chi connectivity index (χ2v) is 21.9. The molecule has 8 N–H and O–H groups in total. The Hall–Kier alpha value is -2.31. The summed E-state index contributed by atoms with van der Waals surface area (Å²) in [6.45, 7) is 14.1. The lowest BCUT2D eigenvalue weighted by Gasteiger charge is -2.51. The second kappa shape index (κ2) is 29.6. The smallest absolute Gasteiger partial charge is 0.309 e. The lowest BCUT2D eigenvalue weighted by atomic mass is 9.95. The SMILES string of the molecule is CCCCCC1CCCCCCCCCC(=O)OC2C(OC(C)C(OC3OC(C)C(OC4OC(C)C(OC(C)=O)C(O)C4O)C(OC4OC(C)C(O)C(O)C4O)C3OC(=O)C(C)CC)C2O)OC2C(O1)OC(C)C(O)C2O. The summed E-state index contributed by atoms with van der Waals surface area (Å²) in [5, 5.41) is 90.6. The highest BCUT2D eigenvalue weighted by atomic mass is 16.8. The van der Waals surface area contributed by atoms with Gasteiger partial charge in [-0.3, -0.25) is 14.4 Å². The van der Waals surface area contributed by atoms with Gasteiger partial charge in [-0.1, -0.05) is 78.6 Å². The molecule has 24 nitrogen and oxygen atoms in total. The molecule has 27 unspecified atom stereocenters. The zero-order chi connectivity index (χ0) is 56.4. The number of carbonyl (C=O) groups is 3. The summed E-state index contributed by atoms with van der Waals surface area (Å²) in [6, 6.07) is 0. The summed E-state index contributed by atoms with van der Waals surface area (Å²) in [5.41, 5.74) is 0. The maximum absolute atomic E-state index is 14.0. The number of aliphatic hydroxyl groups excluding tert-OH is 8. The van der Waals surface area contributed by atoms with Gasteiger partial charge in [0.2, 0.25) is 0 Å². The Bertz CT molecular complexity index is 1820. The van der Waals surface area contributed by atoms with Crippen LogP contribution >= 0.6 is 0 Å². The van der Waals surface area contributed by atoms with Crippen molar-refractivity contribution in [2.75, 3.05) is 0 Å². The van der Waals surface area contributed by atoms with E-state index in [1.165, 1.54) is 27.7 Å². The second-order valence-electron chi connectivity index (χ2n) is 21.9. The van der Waals surface area contributed by atoms with Crippen molar-refractivity contribution in [3.63, 3.8) is 0 Å². The van der Waals surface area contributed by atoms with Crippen molar-refractivity contribution in [1.82, 2.24) is 0 Å². The minimum atomic E-state index is -1.90. The highest BCUT2D eigenvalue weighted by Gasteiger charge is 2.58. The van der Waals surface area contributed by atoms with Crippen LogP contribution < -0.4 is 0 Å². The van der Waals surface area contributed by atoms with Crippen LogP contribution in [-0.2, 0) is 76.0 Å². The molecule has 0 bridgehead atoms. The van der Waals surface area contributed by atoms with Crippen molar-refractivity contribution < 1.29 is 117 Å². The molecule has 0 spiro atoms. The van der Waals surface area contributed by atoms with Crippen LogP contribution in [0.5, 0.6) is 0 Å². The van der Waals surface area contributed by atoms with Crippen molar-refractivity contribution in [3.8, 4) is 0 Å². The van der Waals surface area contributed by atoms with Crippen LogP contribution in [-0.4, -0.2) is 218 Å². The average molecular weight is 1110 g/mol.